The number of non-ortho nitro benzene ring substituents is 1. The van der Waals surface area contributed by atoms with E-state index in [2.05, 4.69) is 11.8 Å². The summed E-state index contributed by atoms with van der Waals surface area (Å²) in [6.45, 7) is 10.2. The zero-order chi connectivity index (χ0) is 21.8. The highest BCUT2D eigenvalue weighted by Crippen LogP contribution is 2.33. The Balaban J connectivity index is 1.92. The van der Waals surface area contributed by atoms with Crippen LogP contribution in [0.2, 0.25) is 0 Å². The van der Waals surface area contributed by atoms with Gasteiger partial charge in [0.25, 0.3) is 17.5 Å². The number of ether oxygens (including phenoxy) is 1. The van der Waals surface area contributed by atoms with Crippen molar-refractivity contribution in [1.82, 2.24) is 14.7 Å². The average Bonchev–Trinajstić information content (AvgIpc) is 2.98. The molecule has 0 radical (unpaired) electrons. The van der Waals surface area contributed by atoms with Gasteiger partial charge in [0.05, 0.1) is 29.8 Å². The van der Waals surface area contributed by atoms with Gasteiger partial charge in [-0.3, -0.25) is 24.6 Å². The standard InChI is InChI=1S/C21H28N4O5/c1-4-22-9-11-23(12-10-22)19-18(16-5-7-17(8-6-16)25(28)29)20(26)24(21(19)27)13-14-30-15(2)3/h5-8,15H,4,9-14H2,1-3H3. The molecule has 9 heteroatoms. The molecule has 0 N–H and O–H groups in total. The second kappa shape index (κ2) is 9.36. The van der Waals surface area contributed by atoms with Crippen LogP contribution in [0, 0.1) is 10.1 Å². The molecule has 1 aromatic rings. The fourth-order valence-electron chi connectivity index (χ4n) is 3.74. The Bertz CT molecular complexity index is 841. The van der Waals surface area contributed by atoms with E-state index in [1.807, 2.05) is 18.7 Å². The molecule has 1 fully saturated rings. The minimum absolute atomic E-state index is 0.00139. The topological polar surface area (TPSA) is 96.2 Å². The Labute approximate surface area is 176 Å². The number of carbonyl (C=O) groups is 2. The molecule has 0 saturated carbocycles. The molecule has 9 nitrogen and oxygen atoms in total. The third-order valence-electron chi connectivity index (χ3n) is 5.41. The second-order valence-electron chi connectivity index (χ2n) is 7.63. The van der Waals surface area contributed by atoms with Gasteiger partial charge in [-0.1, -0.05) is 6.92 Å². The maximum Gasteiger partial charge on any atom is 0.277 e. The molecule has 2 aliphatic heterocycles. The highest BCUT2D eigenvalue weighted by atomic mass is 16.6. The molecular formula is C21H28N4O5. The summed E-state index contributed by atoms with van der Waals surface area (Å²) in [5.41, 5.74) is 1.15. The minimum atomic E-state index is -0.486. The number of nitro benzene ring substituents is 1. The number of nitrogens with zero attached hydrogens (tertiary/aromatic N) is 4. The number of imide groups is 1. The zero-order valence-electron chi connectivity index (χ0n) is 17.7. The lowest BCUT2D eigenvalue weighted by atomic mass is 10.0. The quantitative estimate of drug-likeness (QED) is 0.362. The van der Waals surface area contributed by atoms with Crippen LogP contribution >= 0.6 is 0 Å². The van der Waals surface area contributed by atoms with Gasteiger partial charge in [0.1, 0.15) is 5.70 Å². The molecule has 2 aliphatic rings. The molecule has 2 heterocycles. The van der Waals surface area contributed by atoms with Crippen molar-refractivity contribution in [3.05, 3.63) is 45.6 Å². The molecule has 0 bridgehead atoms. The molecule has 0 atom stereocenters. The summed E-state index contributed by atoms with van der Waals surface area (Å²) in [7, 11) is 0. The lowest BCUT2D eigenvalue weighted by Gasteiger charge is -2.36. The summed E-state index contributed by atoms with van der Waals surface area (Å²) in [6, 6.07) is 5.79. The van der Waals surface area contributed by atoms with Crippen molar-refractivity contribution in [2.24, 2.45) is 0 Å². The van der Waals surface area contributed by atoms with Gasteiger partial charge in [-0.05, 0) is 38.1 Å². The van der Waals surface area contributed by atoms with E-state index in [9.17, 15) is 19.7 Å². The van der Waals surface area contributed by atoms with Gasteiger partial charge in [0.2, 0.25) is 0 Å². The summed E-state index contributed by atoms with van der Waals surface area (Å²) in [5, 5.41) is 11.0. The second-order valence-corrected chi connectivity index (χ2v) is 7.63. The predicted molar refractivity (Wildman–Crippen MR) is 112 cm³/mol. The van der Waals surface area contributed by atoms with Crippen LogP contribution in [0.15, 0.2) is 30.0 Å². The maximum atomic E-state index is 13.2. The molecule has 162 valence electrons. The van der Waals surface area contributed by atoms with E-state index < -0.39 is 4.92 Å². The summed E-state index contributed by atoms with van der Waals surface area (Å²) in [5.74, 6) is -0.709. The Kier molecular flexibility index (Phi) is 6.84. The van der Waals surface area contributed by atoms with Crippen molar-refractivity contribution in [1.29, 1.82) is 0 Å². The van der Waals surface area contributed by atoms with Crippen LogP contribution < -0.4 is 0 Å². The van der Waals surface area contributed by atoms with Crippen LogP contribution in [0.1, 0.15) is 26.3 Å². The molecule has 0 aliphatic carbocycles. The van der Waals surface area contributed by atoms with Crippen LogP contribution in [0.25, 0.3) is 5.57 Å². The first kappa shape index (κ1) is 21.9. The number of hydrogen-bond acceptors (Lipinski definition) is 7. The highest BCUT2D eigenvalue weighted by Gasteiger charge is 2.42. The van der Waals surface area contributed by atoms with E-state index in [0.717, 1.165) is 19.6 Å². The lowest BCUT2D eigenvalue weighted by molar-refractivity contribution is -0.384. The first-order chi connectivity index (χ1) is 14.3. The molecular weight excluding hydrogens is 388 g/mol. The van der Waals surface area contributed by atoms with Gasteiger partial charge in [0, 0.05) is 38.3 Å². The Hall–Kier alpha value is -2.78. The van der Waals surface area contributed by atoms with Crippen molar-refractivity contribution >= 4 is 23.1 Å². The van der Waals surface area contributed by atoms with E-state index in [-0.39, 0.29) is 36.8 Å². The smallest absolute Gasteiger partial charge is 0.277 e. The molecule has 1 saturated heterocycles. The van der Waals surface area contributed by atoms with Crippen LogP contribution in [0.4, 0.5) is 5.69 Å². The van der Waals surface area contributed by atoms with Gasteiger partial charge >= 0.3 is 0 Å². The van der Waals surface area contributed by atoms with Crippen molar-refractivity contribution < 1.29 is 19.2 Å². The first-order valence-electron chi connectivity index (χ1n) is 10.3. The summed E-state index contributed by atoms with van der Waals surface area (Å²) in [4.78, 5) is 42.4. The van der Waals surface area contributed by atoms with Gasteiger partial charge in [-0.15, -0.1) is 0 Å². The molecule has 2 amide bonds. The number of nitro groups is 1. The number of benzene rings is 1. The van der Waals surface area contributed by atoms with E-state index in [0.29, 0.717) is 29.9 Å². The van der Waals surface area contributed by atoms with Crippen molar-refractivity contribution in [2.45, 2.75) is 26.9 Å². The largest absolute Gasteiger partial charge is 0.377 e. The Morgan fingerprint density at radius 1 is 1.07 bits per heavy atom. The van der Waals surface area contributed by atoms with E-state index in [1.165, 1.54) is 29.2 Å². The fourth-order valence-corrected chi connectivity index (χ4v) is 3.74. The monoisotopic (exact) mass is 416 g/mol. The van der Waals surface area contributed by atoms with E-state index in [1.54, 1.807) is 0 Å². The van der Waals surface area contributed by atoms with Crippen molar-refractivity contribution in [3.63, 3.8) is 0 Å². The van der Waals surface area contributed by atoms with Gasteiger partial charge in [0.15, 0.2) is 0 Å². The highest BCUT2D eigenvalue weighted by molar-refractivity contribution is 6.35. The third kappa shape index (κ3) is 4.52. The van der Waals surface area contributed by atoms with Crippen molar-refractivity contribution in [2.75, 3.05) is 45.9 Å². The molecule has 0 unspecified atom stereocenters. The molecule has 1 aromatic carbocycles. The summed E-state index contributed by atoms with van der Waals surface area (Å²) >= 11 is 0. The van der Waals surface area contributed by atoms with Crippen LogP contribution in [-0.2, 0) is 14.3 Å². The lowest BCUT2D eigenvalue weighted by Crippen LogP contribution is -2.47. The van der Waals surface area contributed by atoms with E-state index in [4.69, 9.17) is 4.74 Å². The minimum Gasteiger partial charge on any atom is -0.377 e. The molecule has 0 aromatic heterocycles. The number of piperazine rings is 1. The SMILES string of the molecule is CCN1CCN(C2=C(c3ccc([N+](=O)[O-])cc3)C(=O)N(CCOC(C)C)C2=O)CC1. The molecule has 0 spiro atoms. The fraction of sp³-hybridized carbons (Fsp3) is 0.524. The zero-order valence-corrected chi connectivity index (χ0v) is 17.7. The average molecular weight is 416 g/mol. The van der Waals surface area contributed by atoms with Gasteiger partial charge < -0.3 is 14.5 Å². The normalized spacial score (nSPS) is 18.1. The number of amides is 2. The van der Waals surface area contributed by atoms with Crippen LogP contribution in [-0.4, -0.2) is 83.4 Å². The van der Waals surface area contributed by atoms with E-state index >= 15 is 0 Å². The molecule has 30 heavy (non-hydrogen) atoms. The van der Waals surface area contributed by atoms with Gasteiger partial charge in [-0.25, -0.2) is 0 Å². The first-order valence-corrected chi connectivity index (χ1v) is 10.3. The van der Waals surface area contributed by atoms with Crippen LogP contribution in [0.5, 0.6) is 0 Å². The predicted octanol–water partition coefficient (Wildman–Crippen LogP) is 1.74. The number of likely N-dealkylation sites (N-methyl/N-ethyl adjacent to an activating group) is 1. The maximum absolute atomic E-state index is 13.2. The van der Waals surface area contributed by atoms with Crippen LogP contribution in [0.3, 0.4) is 0 Å². The van der Waals surface area contributed by atoms with Crippen molar-refractivity contribution in [3.8, 4) is 0 Å². The van der Waals surface area contributed by atoms with Gasteiger partial charge in [-0.2, -0.15) is 0 Å². The number of rotatable bonds is 8. The third-order valence-corrected chi connectivity index (χ3v) is 5.41. The Morgan fingerprint density at radius 3 is 2.23 bits per heavy atom. The summed E-state index contributed by atoms with van der Waals surface area (Å²) < 4.78 is 5.53. The number of hydrogen-bond donors (Lipinski definition) is 0. The summed E-state index contributed by atoms with van der Waals surface area (Å²) in [6.07, 6.45) is 0.00139. The number of carbonyl (C=O) groups excluding carboxylic acids is 2. The Morgan fingerprint density at radius 2 is 1.70 bits per heavy atom. The molecule has 3 rings (SSSR count).